The monoisotopic (exact) mass is 282 g/mol. The molecule has 0 aliphatic carbocycles. The van der Waals surface area contributed by atoms with Crippen LogP contribution in [0.5, 0.6) is 0 Å². The first-order valence-corrected chi connectivity index (χ1v) is 6.53. The van der Waals surface area contributed by atoms with Crippen molar-refractivity contribution in [3.05, 3.63) is 71.9 Å². The lowest BCUT2D eigenvalue weighted by molar-refractivity contribution is -0.0211. The van der Waals surface area contributed by atoms with Crippen molar-refractivity contribution >= 4 is 10.9 Å². The zero-order chi connectivity index (χ0) is 14.9. The summed E-state index contributed by atoms with van der Waals surface area (Å²) in [6.45, 7) is -0.449. The molecule has 3 aromatic rings. The number of halogens is 2. The van der Waals surface area contributed by atoms with E-state index < -0.39 is 12.5 Å². The molecular weight excluding hydrogens is 270 g/mol. The fourth-order valence-corrected chi connectivity index (χ4v) is 2.45. The van der Waals surface area contributed by atoms with Crippen molar-refractivity contribution in [2.24, 2.45) is 0 Å². The van der Waals surface area contributed by atoms with Gasteiger partial charge >= 0.3 is 0 Å². The Hall–Kier alpha value is -2.67. The van der Waals surface area contributed by atoms with Gasteiger partial charge in [0.25, 0.3) is 5.92 Å². The van der Waals surface area contributed by atoms with Crippen molar-refractivity contribution in [1.29, 1.82) is 5.26 Å². The van der Waals surface area contributed by atoms with Gasteiger partial charge < -0.3 is 4.57 Å². The predicted molar refractivity (Wildman–Crippen MR) is 77.0 cm³/mol. The molecule has 2 nitrogen and oxygen atoms in total. The number of nitrogens with zero attached hydrogens (tertiary/aromatic N) is 2. The standard InChI is InChI=1S/C17H12F2N2/c18-17(19,14-6-2-1-3-7-14)12-21-10-9-15-13(11-20)5-4-8-16(15)21/h1-10H,12H2. The van der Waals surface area contributed by atoms with E-state index in [1.165, 1.54) is 16.7 Å². The van der Waals surface area contributed by atoms with E-state index in [-0.39, 0.29) is 5.56 Å². The minimum atomic E-state index is -2.96. The Bertz CT molecular complexity index is 814. The third-order valence-electron chi connectivity index (χ3n) is 3.50. The SMILES string of the molecule is N#Cc1cccc2c1ccn2CC(F)(F)c1ccccc1. The number of hydrogen-bond donors (Lipinski definition) is 0. The van der Waals surface area contributed by atoms with Gasteiger partial charge in [-0.05, 0) is 18.2 Å². The van der Waals surface area contributed by atoms with Crippen LogP contribution in [0, 0.1) is 11.3 Å². The Labute approximate surface area is 120 Å². The van der Waals surface area contributed by atoms with Crippen molar-refractivity contribution in [2.45, 2.75) is 12.5 Å². The molecule has 0 N–H and O–H groups in total. The molecule has 0 saturated heterocycles. The third-order valence-corrected chi connectivity index (χ3v) is 3.50. The first-order valence-electron chi connectivity index (χ1n) is 6.53. The van der Waals surface area contributed by atoms with Crippen LogP contribution in [0.3, 0.4) is 0 Å². The molecule has 0 fully saturated rings. The van der Waals surface area contributed by atoms with Crippen LogP contribution in [0.25, 0.3) is 10.9 Å². The lowest BCUT2D eigenvalue weighted by Crippen LogP contribution is -2.20. The molecule has 0 unspecified atom stereocenters. The van der Waals surface area contributed by atoms with Gasteiger partial charge in [0, 0.05) is 22.7 Å². The maximum atomic E-state index is 14.3. The van der Waals surface area contributed by atoms with Gasteiger partial charge in [-0.3, -0.25) is 0 Å². The second kappa shape index (κ2) is 5.02. The minimum absolute atomic E-state index is 0.0108. The summed E-state index contributed by atoms with van der Waals surface area (Å²) in [5.74, 6) is -2.96. The summed E-state index contributed by atoms with van der Waals surface area (Å²) in [6.07, 6.45) is 1.60. The molecular formula is C17H12F2N2. The van der Waals surface area contributed by atoms with Crippen LogP contribution in [0.2, 0.25) is 0 Å². The van der Waals surface area contributed by atoms with Crippen LogP contribution < -0.4 is 0 Å². The average molecular weight is 282 g/mol. The van der Waals surface area contributed by atoms with Gasteiger partial charge in [0.2, 0.25) is 0 Å². The van der Waals surface area contributed by atoms with E-state index in [9.17, 15) is 8.78 Å². The molecule has 104 valence electrons. The zero-order valence-corrected chi connectivity index (χ0v) is 11.1. The second-order valence-corrected chi connectivity index (χ2v) is 4.86. The van der Waals surface area contributed by atoms with Gasteiger partial charge in [0.15, 0.2) is 0 Å². The number of rotatable bonds is 3. The molecule has 4 heteroatoms. The second-order valence-electron chi connectivity index (χ2n) is 4.86. The molecule has 1 aromatic heterocycles. The fourth-order valence-electron chi connectivity index (χ4n) is 2.45. The highest BCUT2D eigenvalue weighted by Gasteiger charge is 2.32. The van der Waals surface area contributed by atoms with Gasteiger partial charge in [-0.15, -0.1) is 0 Å². The molecule has 0 saturated carbocycles. The molecule has 0 aliphatic heterocycles. The van der Waals surface area contributed by atoms with Crippen LogP contribution >= 0.6 is 0 Å². The number of aromatic nitrogens is 1. The van der Waals surface area contributed by atoms with Crippen LogP contribution in [0.1, 0.15) is 11.1 Å². The largest absolute Gasteiger partial charge is 0.341 e. The summed E-state index contributed by atoms with van der Waals surface area (Å²) in [6, 6.07) is 16.7. The highest BCUT2D eigenvalue weighted by atomic mass is 19.3. The number of benzene rings is 2. The Morgan fingerprint density at radius 3 is 2.48 bits per heavy atom. The van der Waals surface area contributed by atoms with Crippen molar-refractivity contribution in [3.63, 3.8) is 0 Å². The average Bonchev–Trinajstić information content (AvgIpc) is 2.91. The Balaban J connectivity index is 2.01. The fraction of sp³-hybridized carbons (Fsp3) is 0.118. The molecule has 2 aromatic carbocycles. The summed E-state index contributed by atoms with van der Waals surface area (Å²) in [5, 5.41) is 9.75. The highest BCUT2D eigenvalue weighted by Crippen LogP contribution is 2.31. The topological polar surface area (TPSA) is 28.7 Å². The summed E-state index contributed by atoms with van der Waals surface area (Å²) in [5.41, 5.74) is 1.13. The Morgan fingerprint density at radius 2 is 1.76 bits per heavy atom. The van der Waals surface area contributed by atoms with Gasteiger partial charge in [-0.1, -0.05) is 36.4 Å². The highest BCUT2D eigenvalue weighted by molar-refractivity contribution is 5.86. The normalized spacial score (nSPS) is 11.5. The molecule has 0 spiro atoms. The minimum Gasteiger partial charge on any atom is -0.341 e. The summed E-state index contributed by atoms with van der Waals surface area (Å²) in [4.78, 5) is 0. The lowest BCUT2D eigenvalue weighted by atomic mass is 10.1. The Kier molecular flexibility index (Phi) is 3.19. The molecule has 21 heavy (non-hydrogen) atoms. The quantitative estimate of drug-likeness (QED) is 0.704. The number of alkyl halides is 2. The van der Waals surface area contributed by atoms with Gasteiger partial charge in [-0.2, -0.15) is 14.0 Å². The molecule has 0 amide bonds. The summed E-state index contributed by atoms with van der Waals surface area (Å²) < 4.78 is 30.2. The van der Waals surface area contributed by atoms with E-state index in [1.54, 1.807) is 48.7 Å². The van der Waals surface area contributed by atoms with Crippen LogP contribution in [0.15, 0.2) is 60.8 Å². The third kappa shape index (κ3) is 2.38. The zero-order valence-electron chi connectivity index (χ0n) is 11.1. The van der Waals surface area contributed by atoms with E-state index in [1.807, 2.05) is 0 Å². The molecule has 0 bridgehead atoms. The molecule has 0 radical (unpaired) electrons. The molecule has 3 rings (SSSR count). The van der Waals surface area contributed by atoms with Crippen molar-refractivity contribution in [3.8, 4) is 6.07 Å². The van der Waals surface area contributed by atoms with E-state index in [0.717, 1.165) is 0 Å². The van der Waals surface area contributed by atoms with Gasteiger partial charge in [0.1, 0.15) is 0 Å². The van der Waals surface area contributed by atoms with E-state index >= 15 is 0 Å². The van der Waals surface area contributed by atoms with Crippen molar-refractivity contribution < 1.29 is 8.78 Å². The van der Waals surface area contributed by atoms with E-state index in [4.69, 9.17) is 5.26 Å². The predicted octanol–water partition coefficient (Wildman–Crippen LogP) is 4.30. The summed E-state index contributed by atoms with van der Waals surface area (Å²) in [7, 11) is 0. The van der Waals surface area contributed by atoms with Crippen LogP contribution in [-0.4, -0.2) is 4.57 Å². The maximum Gasteiger partial charge on any atom is 0.290 e. The lowest BCUT2D eigenvalue weighted by Gasteiger charge is -2.18. The van der Waals surface area contributed by atoms with Gasteiger partial charge in [0.05, 0.1) is 18.2 Å². The molecule has 0 aliphatic rings. The van der Waals surface area contributed by atoms with Crippen LogP contribution in [0.4, 0.5) is 8.78 Å². The number of nitriles is 1. The van der Waals surface area contributed by atoms with Crippen molar-refractivity contribution in [2.75, 3.05) is 0 Å². The maximum absolute atomic E-state index is 14.3. The Morgan fingerprint density at radius 1 is 1.00 bits per heavy atom. The van der Waals surface area contributed by atoms with E-state index in [0.29, 0.717) is 16.5 Å². The number of fused-ring (bicyclic) bond motifs is 1. The molecule has 0 atom stereocenters. The smallest absolute Gasteiger partial charge is 0.290 e. The number of hydrogen-bond acceptors (Lipinski definition) is 1. The van der Waals surface area contributed by atoms with Crippen LogP contribution in [-0.2, 0) is 12.5 Å². The van der Waals surface area contributed by atoms with E-state index in [2.05, 4.69) is 6.07 Å². The first kappa shape index (κ1) is 13.3. The molecule has 1 heterocycles. The van der Waals surface area contributed by atoms with Gasteiger partial charge in [-0.25, -0.2) is 0 Å². The summed E-state index contributed by atoms with van der Waals surface area (Å²) >= 11 is 0. The first-order chi connectivity index (χ1) is 10.1. The van der Waals surface area contributed by atoms with Crippen molar-refractivity contribution in [1.82, 2.24) is 4.57 Å².